The van der Waals surface area contributed by atoms with Gasteiger partial charge in [-0.25, -0.2) is 0 Å². The largest absolute Gasteiger partial charge is 0.348 e. The molecule has 1 amide bonds. The Labute approximate surface area is 198 Å². The summed E-state index contributed by atoms with van der Waals surface area (Å²) in [5.41, 5.74) is 4.36. The summed E-state index contributed by atoms with van der Waals surface area (Å²) in [7, 11) is 0. The molecule has 1 aromatic heterocycles. The van der Waals surface area contributed by atoms with Gasteiger partial charge >= 0.3 is 0 Å². The standard InChI is InChI=1S/C25H27ClN4OS/c1-5-17(4)29(6-2)25-28-24(31)23(32-25)13-18-7-10-22-20(12-18)14-27-30(22)15-19-8-9-21(26)11-16(19)3/h7-14,17H,5-6,15H2,1-4H3. The van der Waals surface area contributed by atoms with Crippen molar-refractivity contribution < 1.29 is 4.79 Å². The number of benzene rings is 2. The Morgan fingerprint density at radius 1 is 1.22 bits per heavy atom. The zero-order valence-corrected chi connectivity index (χ0v) is 20.4. The third kappa shape index (κ3) is 4.62. The normalized spacial score (nSPS) is 16.1. The van der Waals surface area contributed by atoms with Crippen LogP contribution >= 0.6 is 23.4 Å². The Bertz CT molecular complexity index is 1230. The van der Waals surface area contributed by atoms with E-state index in [9.17, 15) is 4.79 Å². The molecular formula is C25H27ClN4OS. The Balaban J connectivity index is 1.55. The number of fused-ring (bicyclic) bond motifs is 1. The maximum atomic E-state index is 12.5. The Hall–Kier alpha value is -2.57. The molecule has 7 heteroatoms. The van der Waals surface area contributed by atoms with Crippen molar-refractivity contribution in [2.24, 2.45) is 4.99 Å². The van der Waals surface area contributed by atoms with Gasteiger partial charge in [-0.1, -0.05) is 30.7 Å². The van der Waals surface area contributed by atoms with Crippen molar-refractivity contribution >= 4 is 51.4 Å². The molecule has 3 aromatic rings. The van der Waals surface area contributed by atoms with Gasteiger partial charge in [0, 0.05) is 23.0 Å². The molecule has 0 saturated carbocycles. The highest BCUT2D eigenvalue weighted by molar-refractivity contribution is 8.18. The molecule has 2 heterocycles. The van der Waals surface area contributed by atoms with E-state index in [0.717, 1.165) is 45.2 Å². The van der Waals surface area contributed by atoms with Crippen molar-refractivity contribution in [2.45, 2.75) is 46.7 Å². The lowest BCUT2D eigenvalue weighted by Crippen LogP contribution is -2.35. The van der Waals surface area contributed by atoms with Crippen LogP contribution in [-0.2, 0) is 11.3 Å². The highest BCUT2D eigenvalue weighted by Crippen LogP contribution is 2.32. The van der Waals surface area contributed by atoms with Crippen LogP contribution in [0.4, 0.5) is 0 Å². The van der Waals surface area contributed by atoms with E-state index < -0.39 is 0 Å². The first kappa shape index (κ1) is 22.6. The molecule has 0 saturated heterocycles. The third-order valence-corrected chi connectivity index (χ3v) is 7.16. The Kier molecular flexibility index (Phi) is 6.72. The summed E-state index contributed by atoms with van der Waals surface area (Å²) in [5, 5.41) is 7.16. The number of aliphatic imine (C=N–C) groups is 1. The van der Waals surface area contributed by atoms with Gasteiger partial charge in [0.15, 0.2) is 5.17 Å². The highest BCUT2D eigenvalue weighted by Gasteiger charge is 2.27. The molecule has 0 spiro atoms. The number of carbonyl (C=O) groups is 1. The first-order valence-corrected chi connectivity index (χ1v) is 12.1. The number of amides is 1. The summed E-state index contributed by atoms with van der Waals surface area (Å²) in [5.74, 6) is -0.166. The number of aryl methyl sites for hydroxylation is 1. The molecule has 0 aliphatic carbocycles. The average molecular weight is 467 g/mol. The van der Waals surface area contributed by atoms with E-state index in [1.54, 1.807) is 0 Å². The quantitative estimate of drug-likeness (QED) is 0.409. The van der Waals surface area contributed by atoms with Gasteiger partial charge in [-0.2, -0.15) is 10.1 Å². The monoisotopic (exact) mass is 466 g/mol. The van der Waals surface area contributed by atoms with Crippen molar-refractivity contribution in [3.05, 3.63) is 69.2 Å². The maximum Gasteiger partial charge on any atom is 0.286 e. The summed E-state index contributed by atoms with van der Waals surface area (Å²) in [4.78, 5) is 19.7. The van der Waals surface area contributed by atoms with Crippen LogP contribution in [0.5, 0.6) is 0 Å². The minimum Gasteiger partial charge on any atom is -0.348 e. The molecule has 166 valence electrons. The molecule has 0 bridgehead atoms. The van der Waals surface area contributed by atoms with E-state index in [1.165, 1.54) is 17.3 Å². The van der Waals surface area contributed by atoms with E-state index in [1.807, 2.05) is 41.2 Å². The highest BCUT2D eigenvalue weighted by atomic mass is 35.5. The number of thioether (sulfide) groups is 1. The minimum atomic E-state index is -0.166. The number of aromatic nitrogens is 2. The van der Waals surface area contributed by atoms with Crippen LogP contribution < -0.4 is 0 Å². The van der Waals surface area contributed by atoms with E-state index in [4.69, 9.17) is 11.6 Å². The molecule has 1 aliphatic heterocycles. The van der Waals surface area contributed by atoms with Crippen LogP contribution in [0.15, 0.2) is 52.5 Å². The number of amidine groups is 1. The minimum absolute atomic E-state index is 0.166. The van der Waals surface area contributed by atoms with Gasteiger partial charge in [-0.3, -0.25) is 9.48 Å². The fourth-order valence-electron chi connectivity index (χ4n) is 3.85. The van der Waals surface area contributed by atoms with Crippen molar-refractivity contribution in [3.63, 3.8) is 0 Å². The molecule has 1 atom stereocenters. The van der Waals surface area contributed by atoms with E-state index in [0.29, 0.717) is 17.5 Å². The first-order chi connectivity index (χ1) is 15.4. The second-order valence-corrected chi connectivity index (χ2v) is 9.49. The van der Waals surface area contributed by atoms with Crippen LogP contribution in [0.3, 0.4) is 0 Å². The number of hydrogen-bond donors (Lipinski definition) is 0. The smallest absolute Gasteiger partial charge is 0.286 e. The van der Waals surface area contributed by atoms with Gasteiger partial charge in [-0.15, -0.1) is 0 Å². The van der Waals surface area contributed by atoms with Crippen molar-refractivity contribution in [1.29, 1.82) is 0 Å². The first-order valence-electron chi connectivity index (χ1n) is 10.9. The maximum absolute atomic E-state index is 12.5. The van der Waals surface area contributed by atoms with Crippen molar-refractivity contribution in [3.8, 4) is 0 Å². The van der Waals surface area contributed by atoms with Gasteiger partial charge in [0.2, 0.25) is 0 Å². The van der Waals surface area contributed by atoms with Crippen molar-refractivity contribution in [1.82, 2.24) is 14.7 Å². The summed E-state index contributed by atoms with van der Waals surface area (Å²) in [6.07, 6.45) is 4.81. The van der Waals surface area contributed by atoms with Crippen LogP contribution in [0, 0.1) is 6.92 Å². The predicted octanol–water partition coefficient (Wildman–Crippen LogP) is 6.14. The van der Waals surface area contributed by atoms with Gasteiger partial charge < -0.3 is 4.90 Å². The van der Waals surface area contributed by atoms with Gasteiger partial charge in [0.05, 0.1) is 23.2 Å². The summed E-state index contributed by atoms with van der Waals surface area (Å²) in [6, 6.07) is 12.4. The zero-order chi connectivity index (χ0) is 22.8. The number of halogens is 1. The van der Waals surface area contributed by atoms with E-state index >= 15 is 0 Å². The summed E-state index contributed by atoms with van der Waals surface area (Å²) in [6.45, 7) is 9.98. The van der Waals surface area contributed by atoms with E-state index in [2.05, 4.69) is 54.8 Å². The van der Waals surface area contributed by atoms with Gasteiger partial charge in [-0.05, 0) is 86.0 Å². The van der Waals surface area contributed by atoms with Gasteiger partial charge in [0.1, 0.15) is 0 Å². The zero-order valence-electron chi connectivity index (χ0n) is 18.8. The summed E-state index contributed by atoms with van der Waals surface area (Å²) >= 11 is 7.55. The topological polar surface area (TPSA) is 50.5 Å². The molecule has 0 N–H and O–H groups in total. The van der Waals surface area contributed by atoms with Crippen LogP contribution in [0.1, 0.15) is 43.9 Å². The Morgan fingerprint density at radius 3 is 2.75 bits per heavy atom. The van der Waals surface area contributed by atoms with Crippen molar-refractivity contribution in [2.75, 3.05) is 6.54 Å². The molecule has 1 aliphatic rings. The van der Waals surface area contributed by atoms with Crippen LogP contribution in [0.25, 0.3) is 17.0 Å². The Morgan fingerprint density at radius 2 is 2.03 bits per heavy atom. The fraction of sp³-hybridized carbons (Fsp3) is 0.320. The lowest BCUT2D eigenvalue weighted by Gasteiger charge is -2.27. The number of carbonyl (C=O) groups excluding carboxylic acids is 1. The van der Waals surface area contributed by atoms with Gasteiger partial charge in [0.25, 0.3) is 5.91 Å². The molecule has 2 aromatic carbocycles. The van der Waals surface area contributed by atoms with E-state index in [-0.39, 0.29) is 5.91 Å². The SMILES string of the molecule is CCC(C)N(CC)C1=NC(=O)C(=Cc2ccc3c(cnn3Cc3ccc(Cl)cc3C)c2)S1. The molecule has 5 nitrogen and oxygen atoms in total. The second-order valence-electron chi connectivity index (χ2n) is 8.04. The molecule has 0 fully saturated rings. The lowest BCUT2D eigenvalue weighted by molar-refractivity contribution is -0.113. The molecule has 1 unspecified atom stereocenters. The lowest BCUT2D eigenvalue weighted by atomic mass is 10.1. The second kappa shape index (κ2) is 9.51. The fourth-order valence-corrected chi connectivity index (χ4v) is 5.15. The van der Waals surface area contributed by atoms with Crippen LogP contribution in [-0.4, -0.2) is 38.3 Å². The molecule has 4 rings (SSSR count). The molecule has 0 radical (unpaired) electrons. The summed E-state index contributed by atoms with van der Waals surface area (Å²) < 4.78 is 1.99. The average Bonchev–Trinajstić information content (AvgIpc) is 3.33. The number of hydrogen-bond acceptors (Lipinski definition) is 4. The number of rotatable bonds is 6. The molecular weight excluding hydrogens is 440 g/mol. The molecule has 32 heavy (non-hydrogen) atoms. The number of nitrogens with zero attached hydrogens (tertiary/aromatic N) is 4. The predicted molar refractivity (Wildman–Crippen MR) is 135 cm³/mol. The third-order valence-electron chi connectivity index (χ3n) is 5.91. The van der Waals surface area contributed by atoms with Crippen LogP contribution in [0.2, 0.25) is 5.02 Å².